The van der Waals surface area contributed by atoms with Gasteiger partial charge in [0.05, 0.1) is 7.11 Å². The molecular weight excluding hydrogens is 414 g/mol. The highest BCUT2D eigenvalue weighted by Crippen LogP contribution is 2.25. The van der Waals surface area contributed by atoms with Gasteiger partial charge in [-0.3, -0.25) is 0 Å². The molecule has 0 aliphatic carbocycles. The number of anilines is 2. The van der Waals surface area contributed by atoms with Crippen LogP contribution >= 0.6 is 0 Å². The van der Waals surface area contributed by atoms with Crippen LogP contribution in [0, 0.1) is 17.6 Å². The van der Waals surface area contributed by atoms with Crippen LogP contribution in [0.2, 0.25) is 0 Å². The Bertz CT molecular complexity index is 917. The van der Waals surface area contributed by atoms with Crippen molar-refractivity contribution in [3.05, 3.63) is 54.1 Å². The molecule has 2 amide bonds. The zero-order valence-corrected chi connectivity index (χ0v) is 18.3. The molecule has 2 aliphatic rings. The number of nitrogens with one attached hydrogen (secondary N) is 2. The van der Waals surface area contributed by atoms with Gasteiger partial charge in [-0.2, -0.15) is 0 Å². The number of carbonyl (C=O) groups excluding carboxylic acids is 1. The highest BCUT2D eigenvalue weighted by molar-refractivity contribution is 5.74. The van der Waals surface area contributed by atoms with E-state index in [0.717, 1.165) is 50.7 Å². The second-order valence-electron chi connectivity index (χ2n) is 8.51. The van der Waals surface area contributed by atoms with Crippen LogP contribution in [-0.4, -0.2) is 51.9 Å². The number of benzene rings is 2. The standard InChI is InChI=1S/C24H30F2N4O2/c1-32-21-5-2-19(3-6-21)29-12-9-18(10-13-29)28-24(31)27-15-17-8-11-30(16-17)20-4-7-22(25)23(26)14-20/h2-7,14,17-18H,8-13,15-16H2,1H3,(H2,27,28,31). The van der Waals surface area contributed by atoms with Gasteiger partial charge in [0.1, 0.15) is 5.75 Å². The summed E-state index contributed by atoms with van der Waals surface area (Å²) in [5.74, 6) is -0.540. The number of urea groups is 1. The number of nitrogens with zero attached hydrogens (tertiary/aromatic N) is 2. The van der Waals surface area contributed by atoms with Gasteiger partial charge in [-0.15, -0.1) is 0 Å². The average molecular weight is 445 g/mol. The van der Waals surface area contributed by atoms with Crippen molar-refractivity contribution in [2.24, 2.45) is 5.92 Å². The molecule has 1 unspecified atom stereocenters. The molecule has 2 N–H and O–H groups in total. The van der Waals surface area contributed by atoms with Gasteiger partial charge in [0, 0.05) is 56.2 Å². The summed E-state index contributed by atoms with van der Waals surface area (Å²) in [5.41, 5.74) is 1.85. The largest absolute Gasteiger partial charge is 0.497 e. The third-order valence-electron chi connectivity index (χ3n) is 6.37. The molecule has 0 saturated carbocycles. The maximum absolute atomic E-state index is 13.5. The third kappa shape index (κ3) is 5.41. The molecule has 1 atom stereocenters. The van der Waals surface area contributed by atoms with Gasteiger partial charge in [-0.05, 0) is 61.6 Å². The molecule has 2 saturated heterocycles. The monoisotopic (exact) mass is 444 g/mol. The molecule has 2 aliphatic heterocycles. The number of amides is 2. The Balaban J connectivity index is 1.17. The minimum atomic E-state index is -0.835. The van der Waals surface area contributed by atoms with Crippen molar-refractivity contribution in [3.63, 3.8) is 0 Å². The Kier molecular flexibility index (Phi) is 6.97. The van der Waals surface area contributed by atoms with Gasteiger partial charge in [0.25, 0.3) is 0 Å². The summed E-state index contributed by atoms with van der Waals surface area (Å²) >= 11 is 0. The normalized spacial score (nSPS) is 19.2. The summed E-state index contributed by atoms with van der Waals surface area (Å²) in [6, 6.07) is 12.0. The summed E-state index contributed by atoms with van der Waals surface area (Å²) in [6.07, 6.45) is 2.69. The number of halogens is 2. The first-order valence-corrected chi connectivity index (χ1v) is 11.1. The number of methoxy groups -OCH3 is 1. The van der Waals surface area contributed by atoms with Crippen LogP contribution in [0.25, 0.3) is 0 Å². The van der Waals surface area contributed by atoms with Crippen LogP contribution in [0.3, 0.4) is 0 Å². The quantitative estimate of drug-likeness (QED) is 0.712. The van der Waals surface area contributed by atoms with E-state index < -0.39 is 11.6 Å². The predicted molar refractivity (Wildman–Crippen MR) is 121 cm³/mol. The first-order valence-electron chi connectivity index (χ1n) is 11.1. The lowest BCUT2D eigenvalue weighted by Gasteiger charge is -2.34. The molecule has 172 valence electrons. The lowest BCUT2D eigenvalue weighted by atomic mass is 10.0. The van der Waals surface area contributed by atoms with Gasteiger partial charge in [0.2, 0.25) is 0 Å². The molecule has 2 aromatic carbocycles. The van der Waals surface area contributed by atoms with Crippen molar-refractivity contribution >= 4 is 17.4 Å². The number of ether oxygens (including phenoxy) is 1. The van der Waals surface area contributed by atoms with E-state index in [1.807, 2.05) is 17.0 Å². The van der Waals surface area contributed by atoms with Crippen LogP contribution < -0.4 is 25.2 Å². The van der Waals surface area contributed by atoms with E-state index in [1.165, 1.54) is 11.8 Å². The fraction of sp³-hybridized carbons (Fsp3) is 0.458. The third-order valence-corrected chi connectivity index (χ3v) is 6.37. The Morgan fingerprint density at radius 2 is 1.66 bits per heavy atom. The van der Waals surface area contributed by atoms with Gasteiger partial charge in [-0.25, -0.2) is 13.6 Å². The number of rotatable bonds is 6. The fourth-order valence-corrected chi connectivity index (χ4v) is 4.46. The van der Waals surface area contributed by atoms with Gasteiger partial charge in [0.15, 0.2) is 11.6 Å². The summed E-state index contributed by atoms with van der Waals surface area (Å²) in [6.45, 7) is 3.83. The van der Waals surface area contributed by atoms with Crippen LogP contribution in [0.5, 0.6) is 5.75 Å². The van der Waals surface area contributed by atoms with E-state index in [1.54, 1.807) is 13.2 Å². The molecule has 0 bridgehead atoms. The van der Waals surface area contributed by atoms with Crippen molar-refractivity contribution in [1.82, 2.24) is 10.6 Å². The van der Waals surface area contributed by atoms with Gasteiger partial charge >= 0.3 is 6.03 Å². The van der Waals surface area contributed by atoms with E-state index in [2.05, 4.69) is 27.7 Å². The molecule has 0 aromatic heterocycles. The zero-order valence-electron chi connectivity index (χ0n) is 18.3. The van der Waals surface area contributed by atoms with Crippen molar-refractivity contribution in [3.8, 4) is 5.75 Å². The highest BCUT2D eigenvalue weighted by atomic mass is 19.2. The maximum atomic E-state index is 13.5. The number of hydrogen-bond donors (Lipinski definition) is 2. The molecule has 4 rings (SSSR count). The first-order chi connectivity index (χ1) is 15.5. The SMILES string of the molecule is COc1ccc(N2CCC(NC(=O)NCC3CCN(c4ccc(F)c(F)c4)C3)CC2)cc1. The van der Waals surface area contributed by atoms with Crippen molar-refractivity contribution in [2.45, 2.75) is 25.3 Å². The van der Waals surface area contributed by atoms with Crippen molar-refractivity contribution in [1.29, 1.82) is 0 Å². The Hall–Kier alpha value is -3.03. The Morgan fingerprint density at radius 1 is 0.969 bits per heavy atom. The lowest BCUT2D eigenvalue weighted by molar-refractivity contribution is 0.233. The first kappa shape index (κ1) is 22.2. The molecule has 2 heterocycles. The predicted octanol–water partition coefficient (Wildman–Crippen LogP) is 3.77. The number of piperidine rings is 1. The van der Waals surface area contributed by atoms with E-state index in [0.29, 0.717) is 18.8 Å². The Morgan fingerprint density at radius 3 is 2.34 bits per heavy atom. The van der Waals surface area contributed by atoms with Crippen LogP contribution in [0.4, 0.5) is 25.0 Å². The molecule has 8 heteroatoms. The van der Waals surface area contributed by atoms with Crippen molar-refractivity contribution in [2.75, 3.05) is 49.6 Å². The summed E-state index contributed by atoms with van der Waals surface area (Å²) < 4.78 is 31.8. The van der Waals surface area contributed by atoms with E-state index in [9.17, 15) is 13.6 Å². The second kappa shape index (κ2) is 10.1. The highest BCUT2D eigenvalue weighted by Gasteiger charge is 2.25. The van der Waals surface area contributed by atoms with Crippen LogP contribution in [0.15, 0.2) is 42.5 Å². The minimum absolute atomic E-state index is 0.140. The van der Waals surface area contributed by atoms with Crippen LogP contribution in [0.1, 0.15) is 19.3 Å². The van der Waals surface area contributed by atoms with Crippen LogP contribution in [-0.2, 0) is 0 Å². The summed E-state index contributed by atoms with van der Waals surface area (Å²) in [5, 5.41) is 6.07. The molecule has 2 fully saturated rings. The lowest BCUT2D eigenvalue weighted by Crippen LogP contribution is -2.48. The zero-order chi connectivity index (χ0) is 22.5. The number of carbonyl (C=O) groups is 1. The summed E-state index contributed by atoms with van der Waals surface area (Å²) in [4.78, 5) is 16.7. The minimum Gasteiger partial charge on any atom is -0.497 e. The second-order valence-corrected chi connectivity index (χ2v) is 8.51. The Labute approximate surface area is 187 Å². The molecule has 0 spiro atoms. The smallest absolute Gasteiger partial charge is 0.315 e. The van der Waals surface area contributed by atoms with E-state index >= 15 is 0 Å². The van der Waals surface area contributed by atoms with Gasteiger partial charge in [-0.1, -0.05) is 0 Å². The number of hydrogen-bond acceptors (Lipinski definition) is 4. The topological polar surface area (TPSA) is 56.8 Å². The molecular formula is C24H30F2N4O2. The van der Waals surface area contributed by atoms with E-state index in [-0.39, 0.29) is 18.0 Å². The molecule has 2 aromatic rings. The summed E-state index contributed by atoms with van der Waals surface area (Å²) in [7, 11) is 1.66. The van der Waals surface area contributed by atoms with E-state index in [4.69, 9.17) is 4.74 Å². The fourth-order valence-electron chi connectivity index (χ4n) is 4.46. The van der Waals surface area contributed by atoms with Crippen molar-refractivity contribution < 1.29 is 18.3 Å². The molecule has 6 nitrogen and oxygen atoms in total. The maximum Gasteiger partial charge on any atom is 0.315 e. The molecule has 32 heavy (non-hydrogen) atoms. The average Bonchev–Trinajstić information content (AvgIpc) is 3.29. The van der Waals surface area contributed by atoms with Gasteiger partial charge < -0.3 is 25.2 Å². The molecule has 0 radical (unpaired) electrons.